The molecule has 0 atom stereocenters. The van der Waals surface area contributed by atoms with Crippen molar-refractivity contribution in [2.24, 2.45) is 0 Å². The molecule has 33 heavy (non-hydrogen) atoms. The third-order valence-corrected chi connectivity index (χ3v) is 6.16. The van der Waals surface area contributed by atoms with Crippen molar-refractivity contribution in [2.45, 2.75) is 19.6 Å². The molecular formula is C27H34N4O2. The molecule has 6 nitrogen and oxygen atoms in total. The molecule has 1 fully saturated rings. The number of hydrogen-bond acceptors (Lipinski definition) is 6. The van der Waals surface area contributed by atoms with E-state index < -0.39 is 0 Å². The van der Waals surface area contributed by atoms with Gasteiger partial charge in [0.15, 0.2) is 0 Å². The van der Waals surface area contributed by atoms with Gasteiger partial charge in [-0.05, 0) is 54.6 Å². The largest absolute Gasteiger partial charge is 0.497 e. The molecule has 0 radical (unpaired) electrons. The number of pyridine rings is 1. The molecule has 1 saturated heterocycles. The fraction of sp³-hybridized carbons (Fsp3) is 0.370. The lowest BCUT2D eigenvalue weighted by atomic mass is 10.1. The van der Waals surface area contributed by atoms with Crippen molar-refractivity contribution < 1.29 is 9.47 Å². The van der Waals surface area contributed by atoms with E-state index in [2.05, 4.69) is 63.1 Å². The first-order valence-electron chi connectivity index (χ1n) is 11.5. The Hall–Kier alpha value is -3.09. The highest BCUT2D eigenvalue weighted by Crippen LogP contribution is 2.24. The predicted molar refractivity (Wildman–Crippen MR) is 133 cm³/mol. The predicted octanol–water partition coefficient (Wildman–Crippen LogP) is 4.05. The molecule has 2 heterocycles. The van der Waals surface area contributed by atoms with Gasteiger partial charge in [-0.2, -0.15) is 0 Å². The van der Waals surface area contributed by atoms with E-state index in [1.165, 1.54) is 16.8 Å². The van der Waals surface area contributed by atoms with Gasteiger partial charge in [0.25, 0.3) is 0 Å². The second-order valence-electron chi connectivity index (χ2n) is 8.64. The van der Waals surface area contributed by atoms with Gasteiger partial charge in [-0.1, -0.05) is 24.3 Å². The van der Waals surface area contributed by atoms with E-state index in [-0.39, 0.29) is 0 Å². The number of aromatic nitrogens is 1. The van der Waals surface area contributed by atoms with Crippen molar-refractivity contribution in [1.29, 1.82) is 0 Å². The second kappa shape index (κ2) is 11.2. The van der Waals surface area contributed by atoms with E-state index >= 15 is 0 Å². The monoisotopic (exact) mass is 446 g/mol. The van der Waals surface area contributed by atoms with Crippen molar-refractivity contribution in [1.82, 2.24) is 14.8 Å². The lowest BCUT2D eigenvalue weighted by Gasteiger charge is -2.32. The molecule has 1 aliphatic rings. The summed E-state index contributed by atoms with van der Waals surface area (Å²) >= 11 is 0. The van der Waals surface area contributed by atoms with Crippen LogP contribution in [0.1, 0.15) is 16.8 Å². The normalized spacial score (nSPS) is 14.8. The average Bonchev–Trinajstić information content (AvgIpc) is 2.85. The Bertz CT molecular complexity index is 984. The van der Waals surface area contributed by atoms with E-state index in [0.717, 1.165) is 63.0 Å². The minimum absolute atomic E-state index is 0.770. The molecular weight excluding hydrogens is 412 g/mol. The first-order chi connectivity index (χ1) is 16.1. The van der Waals surface area contributed by atoms with Gasteiger partial charge in [0.2, 0.25) is 0 Å². The number of likely N-dealkylation sites (N-methyl/N-ethyl adjacent to an activating group) is 1. The highest BCUT2D eigenvalue weighted by atomic mass is 16.5. The molecule has 0 N–H and O–H groups in total. The molecule has 1 aromatic heterocycles. The Kier molecular flexibility index (Phi) is 7.81. The van der Waals surface area contributed by atoms with E-state index in [9.17, 15) is 0 Å². The van der Waals surface area contributed by atoms with Crippen LogP contribution < -0.4 is 14.4 Å². The zero-order valence-corrected chi connectivity index (χ0v) is 19.9. The first-order valence-corrected chi connectivity index (χ1v) is 11.5. The number of hydrogen-bond donors (Lipinski definition) is 0. The summed E-state index contributed by atoms with van der Waals surface area (Å²) < 4.78 is 10.9. The standard InChI is InChI=1S/C27H34N4O2/c1-29-12-14-30(15-13-29)21-24-18-25(10-11-28-24)31(19-22-6-4-8-26(16-22)32-2)20-23-7-5-9-27(17-23)33-3/h4-11,16-18H,12-15,19-21H2,1-3H3. The van der Waals surface area contributed by atoms with Crippen LogP contribution in [0.5, 0.6) is 11.5 Å². The van der Waals surface area contributed by atoms with Gasteiger partial charge in [-0.3, -0.25) is 9.88 Å². The molecule has 0 aliphatic carbocycles. The molecule has 0 bridgehead atoms. The van der Waals surface area contributed by atoms with Crippen LogP contribution in [0.15, 0.2) is 66.9 Å². The van der Waals surface area contributed by atoms with Crippen molar-refractivity contribution in [3.63, 3.8) is 0 Å². The van der Waals surface area contributed by atoms with Crippen LogP contribution in [0.3, 0.4) is 0 Å². The SMILES string of the molecule is COc1cccc(CN(Cc2cccc(OC)c2)c2ccnc(CN3CCN(C)CC3)c2)c1. The van der Waals surface area contributed by atoms with Crippen LogP contribution in [0.4, 0.5) is 5.69 Å². The summed E-state index contributed by atoms with van der Waals surface area (Å²) in [7, 11) is 5.60. The van der Waals surface area contributed by atoms with Gasteiger partial charge in [-0.25, -0.2) is 0 Å². The lowest BCUT2D eigenvalue weighted by molar-refractivity contribution is 0.147. The maximum Gasteiger partial charge on any atom is 0.119 e. The van der Waals surface area contributed by atoms with E-state index in [1.807, 2.05) is 30.5 Å². The summed E-state index contributed by atoms with van der Waals surface area (Å²) in [5.74, 6) is 1.75. The maximum absolute atomic E-state index is 5.45. The quantitative estimate of drug-likeness (QED) is 0.494. The summed E-state index contributed by atoms with van der Waals surface area (Å²) in [6.45, 7) is 6.81. The van der Waals surface area contributed by atoms with Crippen molar-refractivity contribution >= 4 is 5.69 Å². The van der Waals surface area contributed by atoms with Crippen LogP contribution in [0.2, 0.25) is 0 Å². The zero-order valence-electron chi connectivity index (χ0n) is 19.9. The van der Waals surface area contributed by atoms with Gasteiger partial charge >= 0.3 is 0 Å². The topological polar surface area (TPSA) is 41.1 Å². The van der Waals surface area contributed by atoms with Gasteiger partial charge < -0.3 is 19.3 Å². The Labute approximate surface area is 197 Å². The Morgan fingerprint density at radius 3 is 2.00 bits per heavy atom. The van der Waals surface area contributed by atoms with Gasteiger partial charge in [0, 0.05) is 57.7 Å². The van der Waals surface area contributed by atoms with Crippen molar-refractivity contribution in [2.75, 3.05) is 52.3 Å². The Morgan fingerprint density at radius 2 is 1.42 bits per heavy atom. The van der Waals surface area contributed by atoms with Crippen molar-refractivity contribution in [3.8, 4) is 11.5 Å². The van der Waals surface area contributed by atoms with Crippen molar-refractivity contribution in [3.05, 3.63) is 83.7 Å². The number of rotatable bonds is 9. The zero-order chi connectivity index (χ0) is 23.0. The average molecular weight is 447 g/mol. The number of benzene rings is 2. The Morgan fingerprint density at radius 1 is 0.818 bits per heavy atom. The third kappa shape index (κ3) is 6.46. The summed E-state index contributed by atoms with van der Waals surface area (Å²) in [5.41, 5.74) is 4.68. The lowest BCUT2D eigenvalue weighted by Crippen LogP contribution is -2.44. The summed E-state index contributed by atoms with van der Waals surface area (Å²) in [6.07, 6.45) is 1.94. The number of nitrogens with zero attached hydrogens (tertiary/aromatic N) is 4. The molecule has 3 aromatic rings. The molecule has 0 spiro atoms. The Balaban J connectivity index is 1.57. The van der Waals surface area contributed by atoms with Gasteiger partial charge in [-0.15, -0.1) is 0 Å². The molecule has 2 aromatic carbocycles. The van der Waals surface area contributed by atoms with Crippen LogP contribution in [0.25, 0.3) is 0 Å². The van der Waals surface area contributed by atoms with Gasteiger partial charge in [0.05, 0.1) is 19.9 Å². The number of anilines is 1. The molecule has 174 valence electrons. The van der Waals surface area contributed by atoms with E-state index in [0.29, 0.717) is 0 Å². The maximum atomic E-state index is 5.45. The van der Waals surface area contributed by atoms with Crippen LogP contribution in [-0.4, -0.2) is 62.2 Å². The molecule has 6 heteroatoms. The highest BCUT2D eigenvalue weighted by molar-refractivity contribution is 5.49. The fourth-order valence-electron chi connectivity index (χ4n) is 4.20. The molecule has 0 saturated carbocycles. The minimum atomic E-state index is 0.770. The molecule has 0 unspecified atom stereocenters. The summed E-state index contributed by atoms with van der Waals surface area (Å²) in [6, 6.07) is 20.9. The van der Waals surface area contributed by atoms with Gasteiger partial charge in [0.1, 0.15) is 11.5 Å². The van der Waals surface area contributed by atoms with E-state index in [4.69, 9.17) is 9.47 Å². The molecule has 1 aliphatic heterocycles. The minimum Gasteiger partial charge on any atom is -0.497 e. The smallest absolute Gasteiger partial charge is 0.119 e. The van der Waals surface area contributed by atoms with Crippen LogP contribution in [0, 0.1) is 0 Å². The van der Waals surface area contributed by atoms with E-state index in [1.54, 1.807) is 14.2 Å². The third-order valence-electron chi connectivity index (χ3n) is 6.16. The second-order valence-corrected chi connectivity index (χ2v) is 8.64. The number of ether oxygens (including phenoxy) is 2. The number of methoxy groups -OCH3 is 2. The van der Waals surface area contributed by atoms with Crippen LogP contribution in [-0.2, 0) is 19.6 Å². The number of piperazine rings is 1. The fourth-order valence-corrected chi connectivity index (χ4v) is 4.20. The summed E-state index contributed by atoms with van der Waals surface area (Å²) in [5, 5.41) is 0. The molecule has 0 amide bonds. The molecule has 4 rings (SSSR count). The van der Waals surface area contributed by atoms with Crippen LogP contribution >= 0.6 is 0 Å². The highest BCUT2D eigenvalue weighted by Gasteiger charge is 2.16. The first kappa shape index (κ1) is 23.1. The summed E-state index contributed by atoms with van der Waals surface area (Å²) in [4.78, 5) is 11.9.